The van der Waals surface area contributed by atoms with E-state index in [1.165, 1.54) is 0 Å². The van der Waals surface area contributed by atoms with Crippen LogP contribution in [-0.2, 0) is 4.74 Å². The molecule has 1 N–H and O–H groups in total. The molecule has 0 spiro atoms. The highest BCUT2D eigenvalue weighted by atomic mass is 79.9. The van der Waals surface area contributed by atoms with Crippen molar-refractivity contribution < 1.29 is 14.6 Å². The highest BCUT2D eigenvalue weighted by Crippen LogP contribution is 2.26. The Morgan fingerprint density at radius 2 is 1.81 bits per heavy atom. The molecule has 1 fully saturated rings. The van der Waals surface area contributed by atoms with E-state index in [2.05, 4.69) is 37.1 Å². The summed E-state index contributed by atoms with van der Waals surface area (Å²) in [6, 6.07) is 18.8. The summed E-state index contributed by atoms with van der Waals surface area (Å²) in [5.74, 6) is 1.21. The number of aliphatic hydroxyl groups excluding tert-OH is 1. The van der Waals surface area contributed by atoms with Gasteiger partial charge < -0.3 is 19.5 Å². The molecule has 0 saturated carbocycles. The number of aliphatic hydroxyl groups is 1. The summed E-state index contributed by atoms with van der Waals surface area (Å²) in [6.45, 7) is 2.33. The lowest BCUT2D eigenvalue weighted by Crippen LogP contribution is -2.38. The third-order valence-electron chi connectivity index (χ3n) is 4.77. The number of morpholine rings is 1. The van der Waals surface area contributed by atoms with Crippen LogP contribution in [0.4, 0.5) is 5.95 Å². The number of hydrogen-bond acceptors (Lipinski definition) is 7. The number of para-hydroxylation sites is 1. The van der Waals surface area contributed by atoms with Crippen molar-refractivity contribution in [3.63, 3.8) is 0 Å². The summed E-state index contributed by atoms with van der Waals surface area (Å²) in [6.07, 6.45) is 0. The van der Waals surface area contributed by atoms with Gasteiger partial charge in [-0.15, -0.1) is 10.2 Å². The SMILES string of the molecule is N#CC(=C(O)COc1ccc(Br)cc1)c1nnc(N2CCOCC2)n1-c1ccccc1. The molecule has 158 valence electrons. The molecule has 1 aliphatic heterocycles. The Balaban J connectivity index is 1.70. The molecule has 4 rings (SSSR count). The Hall–Kier alpha value is -3.35. The van der Waals surface area contributed by atoms with Crippen LogP contribution in [0.5, 0.6) is 5.75 Å². The minimum absolute atomic E-state index is 0.00738. The largest absolute Gasteiger partial charge is 0.507 e. The van der Waals surface area contributed by atoms with Crippen molar-refractivity contribution in [2.75, 3.05) is 37.8 Å². The minimum Gasteiger partial charge on any atom is -0.507 e. The van der Waals surface area contributed by atoms with Gasteiger partial charge in [0.25, 0.3) is 0 Å². The molecule has 0 bridgehead atoms. The van der Waals surface area contributed by atoms with Crippen molar-refractivity contribution in [2.24, 2.45) is 0 Å². The molecule has 0 amide bonds. The average Bonchev–Trinajstić information content (AvgIpc) is 3.25. The second kappa shape index (κ2) is 9.64. The molecular weight excluding hydrogens is 462 g/mol. The molecule has 9 heteroatoms. The molecule has 0 radical (unpaired) electrons. The summed E-state index contributed by atoms with van der Waals surface area (Å²) in [7, 11) is 0. The van der Waals surface area contributed by atoms with Gasteiger partial charge in [-0.05, 0) is 36.4 Å². The monoisotopic (exact) mass is 481 g/mol. The van der Waals surface area contributed by atoms with Crippen molar-refractivity contribution in [1.82, 2.24) is 14.8 Å². The Morgan fingerprint density at radius 3 is 2.48 bits per heavy atom. The third-order valence-corrected chi connectivity index (χ3v) is 5.30. The number of ether oxygens (including phenoxy) is 2. The second-order valence-electron chi connectivity index (χ2n) is 6.77. The fourth-order valence-corrected chi connectivity index (χ4v) is 3.48. The predicted molar refractivity (Wildman–Crippen MR) is 119 cm³/mol. The molecule has 0 atom stereocenters. The van der Waals surface area contributed by atoms with Crippen LogP contribution in [0.2, 0.25) is 0 Å². The van der Waals surface area contributed by atoms with Gasteiger partial charge in [0.2, 0.25) is 5.95 Å². The van der Waals surface area contributed by atoms with E-state index in [0.717, 1.165) is 10.2 Å². The van der Waals surface area contributed by atoms with Crippen molar-refractivity contribution >= 4 is 27.5 Å². The summed E-state index contributed by atoms with van der Waals surface area (Å²) in [5.41, 5.74) is 0.798. The van der Waals surface area contributed by atoms with Crippen LogP contribution in [0.15, 0.2) is 64.8 Å². The Morgan fingerprint density at radius 1 is 1.10 bits per heavy atom. The molecule has 8 nitrogen and oxygen atoms in total. The fraction of sp³-hybridized carbons (Fsp3) is 0.227. The molecule has 1 aliphatic rings. The Labute approximate surface area is 188 Å². The zero-order valence-electron chi connectivity index (χ0n) is 16.6. The quantitative estimate of drug-likeness (QED) is 0.423. The lowest BCUT2D eigenvalue weighted by atomic mass is 10.2. The molecular formula is C22H20BrN5O3. The highest BCUT2D eigenvalue weighted by molar-refractivity contribution is 9.10. The predicted octanol–water partition coefficient (Wildman–Crippen LogP) is 3.74. The molecule has 31 heavy (non-hydrogen) atoms. The number of aromatic nitrogens is 3. The zero-order chi connectivity index (χ0) is 21.6. The Kier molecular flexibility index (Phi) is 6.50. The van der Waals surface area contributed by atoms with Crippen LogP contribution < -0.4 is 9.64 Å². The van der Waals surface area contributed by atoms with E-state index in [4.69, 9.17) is 9.47 Å². The first-order valence-electron chi connectivity index (χ1n) is 9.72. The third kappa shape index (κ3) is 4.71. The number of hydrogen-bond donors (Lipinski definition) is 1. The van der Waals surface area contributed by atoms with Gasteiger partial charge in [-0.25, -0.2) is 0 Å². The van der Waals surface area contributed by atoms with E-state index in [1.807, 2.05) is 42.5 Å². The van der Waals surface area contributed by atoms with Crippen molar-refractivity contribution in [3.05, 3.63) is 70.7 Å². The molecule has 2 aromatic carbocycles. The topological polar surface area (TPSA) is 96.4 Å². The number of nitrogens with zero attached hydrogens (tertiary/aromatic N) is 5. The lowest BCUT2D eigenvalue weighted by Gasteiger charge is -2.28. The normalized spacial score (nSPS) is 14.6. The summed E-state index contributed by atoms with van der Waals surface area (Å²) in [5, 5.41) is 29.1. The van der Waals surface area contributed by atoms with Crippen LogP contribution in [0, 0.1) is 11.3 Å². The zero-order valence-corrected chi connectivity index (χ0v) is 18.2. The van der Waals surface area contributed by atoms with Gasteiger partial charge in [0, 0.05) is 17.6 Å². The Bertz CT molecular complexity index is 1100. The number of allylic oxidation sites excluding steroid dienone is 1. The standard InChI is InChI=1S/C22H20BrN5O3/c23-16-6-8-18(9-7-16)31-15-20(29)19(14-24)21-25-26-22(27-10-12-30-13-11-27)28(21)17-4-2-1-3-5-17/h1-9,29H,10-13,15H2. The van der Waals surface area contributed by atoms with Crippen LogP contribution in [0.25, 0.3) is 11.3 Å². The number of nitriles is 1. The molecule has 0 unspecified atom stereocenters. The van der Waals surface area contributed by atoms with Gasteiger partial charge in [0.05, 0.1) is 18.9 Å². The smallest absolute Gasteiger partial charge is 0.232 e. The van der Waals surface area contributed by atoms with E-state index in [0.29, 0.717) is 38.0 Å². The van der Waals surface area contributed by atoms with E-state index < -0.39 is 0 Å². The number of benzene rings is 2. The van der Waals surface area contributed by atoms with E-state index in [1.54, 1.807) is 16.7 Å². The van der Waals surface area contributed by atoms with Gasteiger partial charge in [0.1, 0.15) is 24.0 Å². The van der Waals surface area contributed by atoms with E-state index in [9.17, 15) is 10.4 Å². The summed E-state index contributed by atoms with van der Waals surface area (Å²) in [4.78, 5) is 2.05. The maximum atomic E-state index is 10.7. The van der Waals surface area contributed by atoms with Gasteiger partial charge in [-0.2, -0.15) is 5.26 Å². The lowest BCUT2D eigenvalue weighted by molar-refractivity contribution is 0.122. The fourth-order valence-electron chi connectivity index (χ4n) is 3.22. The number of rotatable bonds is 6. The summed E-state index contributed by atoms with van der Waals surface area (Å²) < 4.78 is 13.8. The maximum Gasteiger partial charge on any atom is 0.232 e. The van der Waals surface area contributed by atoms with Gasteiger partial charge >= 0.3 is 0 Å². The molecule has 3 aromatic rings. The second-order valence-corrected chi connectivity index (χ2v) is 7.69. The van der Waals surface area contributed by atoms with E-state index >= 15 is 0 Å². The maximum absolute atomic E-state index is 10.7. The van der Waals surface area contributed by atoms with Crippen LogP contribution >= 0.6 is 15.9 Å². The number of halogens is 1. The van der Waals surface area contributed by atoms with Crippen LogP contribution in [0.1, 0.15) is 5.82 Å². The van der Waals surface area contributed by atoms with Gasteiger partial charge in [-0.3, -0.25) is 4.57 Å². The van der Waals surface area contributed by atoms with Gasteiger partial charge in [0.15, 0.2) is 11.6 Å². The first kappa shape index (κ1) is 20.9. The first-order valence-corrected chi connectivity index (χ1v) is 10.5. The molecule has 1 saturated heterocycles. The van der Waals surface area contributed by atoms with Crippen molar-refractivity contribution in [3.8, 4) is 17.5 Å². The van der Waals surface area contributed by atoms with Crippen LogP contribution in [-0.4, -0.2) is 52.8 Å². The highest BCUT2D eigenvalue weighted by Gasteiger charge is 2.25. The van der Waals surface area contributed by atoms with E-state index in [-0.39, 0.29) is 23.8 Å². The molecule has 2 heterocycles. The van der Waals surface area contributed by atoms with Crippen molar-refractivity contribution in [2.45, 2.75) is 0 Å². The van der Waals surface area contributed by atoms with Crippen molar-refractivity contribution in [1.29, 1.82) is 5.26 Å². The molecule has 1 aromatic heterocycles. The van der Waals surface area contributed by atoms with Gasteiger partial charge in [-0.1, -0.05) is 34.1 Å². The minimum atomic E-state index is -0.219. The average molecular weight is 482 g/mol. The first-order chi connectivity index (χ1) is 15.2. The summed E-state index contributed by atoms with van der Waals surface area (Å²) >= 11 is 3.37. The number of anilines is 1. The van der Waals surface area contributed by atoms with Crippen LogP contribution in [0.3, 0.4) is 0 Å². The molecule has 0 aliphatic carbocycles.